The van der Waals surface area contributed by atoms with Gasteiger partial charge < -0.3 is 10.0 Å². The molecule has 2 aliphatic rings. The number of hydrogen-bond acceptors (Lipinski definition) is 2. The van der Waals surface area contributed by atoms with E-state index < -0.39 is 0 Å². The van der Waals surface area contributed by atoms with Crippen LogP contribution < -0.4 is 0 Å². The summed E-state index contributed by atoms with van der Waals surface area (Å²) in [4.78, 5) is 2.20. The van der Waals surface area contributed by atoms with Crippen LogP contribution in [0.2, 0.25) is 0 Å². The maximum absolute atomic E-state index is 10.2. The smallest absolute Gasteiger partial charge is 0.123 e. The first-order valence-corrected chi connectivity index (χ1v) is 6.84. The van der Waals surface area contributed by atoms with Gasteiger partial charge in [0.15, 0.2) is 0 Å². The lowest BCUT2D eigenvalue weighted by Gasteiger charge is -2.41. The summed E-state index contributed by atoms with van der Waals surface area (Å²) in [7, 11) is 4.20. The minimum atomic E-state index is 0.461. The summed E-state index contributed by atoms with van der Waals surface area (Å²) in [6.07, 6.45) is 6.03. The highest BCUT2D eigenvalue weighted by molar-refractivity contribution is 5.76. The highest BCUT2D eigenvalue weighted by atomic mass is 16.3. The Morgan fingerprint density at radius 2 is 2.11 bits per heavy atom. The van der Waals surface area contributed by atoms with E-state index in [1.165, 1.54) is 24.0 Å². The van der Waals surface area contributed by atoms with Crippen LogP contribution in [0, 0.1) is 5.92 Å². The Hall–Kier alpha value is -1.28. The van der Waals surface area contributed by atoms with Crippen molar-refractivity contribution in [2.45, 2.75) is 25.2 Å². The van der Waals surface area contributed by atoms with Gasteiger partial charge in [0.25, 0.3) is 0 Å². The fraction of sp³-hybridized carbons (Fsp3) is 0.500. The first-order valence-electron chi connectivity index (χ1n) is 6.84. The minimum absolute atomic E-state index is 0.461. The van der Waals surface area contributed by atoms with Crippen LogP contribution in [0.1, 0.15) is 36.3 Å². The van der Waals surface area contributed by atoms with Gasteiger partial charge in [-0.25, -0.2) is 0 Å². The van der Waals surface area contributed by atoms with Crippen molar-refractivity contribution >= 4 is 5.57 Å². The zero-order valence-electron chi connectivity index (χ0n) is 11.2. The Kier molecular flexibility index (Phi) is 2.90. The summed E-state index contributed by atoms with van der Waals surface area (Å²) in [6, 6.07) is 6.01. The van der Waals surface area contributed by atoms with Crippen LogP contribution in [0.5, 0.6) is 5.75 Å². The molecule has 2 heteroatoms. The van der Waals surface area contributed by atoms with Crippen molar-refractivity contribution in [1.29, 1.82) is 0 Å². The lowest BCUT2D eigenvalue weighted by molar-refractivity contribution is 0.309. The van der Waals surface area contributed by atoms with E-state index in [-0.39, 0.29) is 0 Å². The fourth-order valence-electron chi connectivity index (χ4n) is 3.22. The minimum Gasteiger partial charge on any atom is -0.507 e. The van der Waals surface area contributed by atoms with Gasteiger partial charge in [0.05, 0.1) is 0 Å². The Bertz CT molecular complexity index is 490. The molecular weight excluding hydrogens is 222 g/mol. The molecule has 0 heterocycles. The molecule has 0 radical (unpaired) electrons. The van der Waals surface area contributed by atoms with E-state index in [9.17, 15) is 5.11 Å². The molecule has 0 aliphatic heterocycles. The molecule has 2 unspecified atom stereocenters. The number of hydrogen-bond donors (Lipinski definition) is 1. The second-order valence-corrected chi connectivity index (χ2v) is 5.83. The third-order valence-electron chi connectivity index (χ3n) is 4.37. The first-order chi connectivity index (χ1) is 8.66. The fourth-order valence-corrected chi connectivity index (χ4v) is 3.22. The molecule has 2 aliphatic carbocycles. The van der Waals surface area contributed by atoms with Crippen LogP contribution in [0.15, 0.2) is 24.3 Å². The van der Waals surface area contributed by atoms with E-state index >= 15 is 0 Å². The van der Waals surface area contributed by atoms with Crippen molar-refractivity contribution in [1.82, 2.24) is 4.90 Å². The highest BCUT2D eigenvalue weighted by Gasteiger charge is 2.36. The zero-order chi connectivity index (χ0) is 12.7. The average molecular weight is 243 g/mol. The van der Waals surface area contributed by atoms with Crippen molar-refractivity contribution in [2.24, 2.45) is 5.92 Å². The zero-order valence-corrected chi connectivity index (χ0v) is 11.2. The van der Waals surface area contributed by atoms with Crippen LogP contribution in [0.3, 0.4) is 0 Å². The monoisotopic (exact) mass is 243 g/mol. The van der Waals surface area contributed by atoms with Gasteiger partial charge >= 0.3 is 0 Å². The number of phenolic OH excluding ortho intramolecular Hbond substituents is 1. The number of benzene rings is 1. The Morgan fingerprint density at radius 1 is 1.28 bits per heavy atom. The van der Waals surface area contributed by atoms with Crippen molar-refractivity contribution in [3.05, 3.63) is 35.4 Å². The van der Waals surface area contributed by atoms with E-state index in [4.69, 9.17) is 0 Å². The third kappa shape index (κ3) is 1.85. The largest absolute Gasteiger partial charge is 0.507 e. The summed E-state index contributed by atoms with van der Waals surface area (Å²) in [5.41, 5.74) is 3.85. The predicted molar refractivity (Wildman–Crippen MR) is 74.7 cm³/mol. The quantitative estimate of drug-likeness (QED) is 0.881. The Morgan fingerprint density at radius 3 is 2.78 bits per heavy atom. The number of nitrogens with zero attached hydrogens (tertiary/aromatic N) is 1. The normalized spacial score (nSPS) is 25.2. The van der Waals surface area contributed by atoms with E-state index in [0.29, 0.717) is 11.7 Å². The molecule has 0 amide bonds. The summed E-state index contributed by atoms with van der Waals surface area (Å²) in [5.74, 6) is 1.84. The van der Waals surface area contributed by atoms with E-state index in [2.05, 4.69) is 31.1 Å². The number of allylic oxidation sites excluding steroid dienone is 1. The molecule has 1 N–H and O–H groups in total. The summed E-state index contributed by atoms with van der Waals surface area (Å²) in [5, 5.41) is 10.2. The van der Waals surface area contributed by atoms with Gasteiger partial charge in [-0.05, 0) is 62.4 Å². The number of rotatable bonds is 3. The van der Waals surface area contributed by atoms with Crippen LogP contribution >= 0.6 is 0 Å². The van der Waals surface area contributed by atoms with Crippen LogP contribution in [0.25, 0.3) is 5.57 Å². The standard InChI is InChI=1S/C16H21NO/c1-17(2)9-8-12-10-11-6-7-13(11)14-4-3-5-15(18)16(12)14/h3-5,10-11,13,18H,6-9H2,1-2H3. The van der Waals surface area contributed by atoms with Gasteiger partial charge in [-0.2, -0.15) is 0 Å². The molecule has 3 rings (SSSR count). The summed E-state index contributed by atoms with van der Waals surface area (Å²) >= 11 is 0. The lowest BCUT2D eigenvalue weighted by Crippen LogP contribution is -2.27. The van der Waals surface area contributed by atoms with Crippen LogP contribution in [-0.4, -0.2) is 30.6 Å². The maximum atomic E-state index is 10.2. The van der Waals surface area contributed by atoms with Crippen molar-refractivity contribution < 1.29 is 5.11 Å². The van der Waals surface area contributed by atoms with Gasteiger partial charge in [-0.1, -0.05) is 18.2 Å². The van der Waals surface area contributed by atoms with E-state index in [1.807, 2.05) is 12.1 Å². The van der Waals surface area contributed by atoms with E-state index in [1.54, 1.807) is 0 Å². The second-order valence-electron chi connectivity index (χ2n) is 5.83. The van der Waals surface area contributed by atoms with Gasteiger partial charge in [0, 0.05) is 12.1 Å². The molecule has 0 saturated heterocycles. The number of aromatic hydroxyl groups is 1. The molecule has 2 nitrogen and oxygen atoms in total. The first kappa shape index (κ1) is 11.8. The molecule has 0 spiro atoms. The molecule has 2 atom stereocenters. The highest BCUT2D eigenvalue weighted by Crippen LogP contribution is 2.52. The van der Waals surface area contributed by atoms with Crippen molar-refractivity contribution in [3.63, 3.8) is 0 Å². The van der Waals surface area contributed by atoms with Gasteiger partial charge in [0.1, 0.15) is 5.75 Å². The van der Waals surface area contributed by atoms with Gasteiger partial charge in [-0.15, -0.1) is 0 Å². The summed E-state index contributed by atoms with van der Waals surface area (Å²) < 4.78 is 0. The van der Waals surface area contributed by atoms with Gasteiger partial charge in [-0.3, -0.25) is 0 Å². The average Bonchev–Trinajstić information content (AvgIpc) is 2.28. The Labute approximate surface area is 109 Å². The van der Waals surface area contributed by atoms with E-state index in [0.717, 1.165) is 24.4 Å². The maximum Gasteiger partial charge on any atom is 0.123 e. The molecule has 0 aromatic heterocycles. The molecule has 1 fully saturated rings. The summed E-state index contributed by atoms with van der Waals surface area (Å²) in [6.45, 7) is 1.04. The molecule has 18 heavy (non-hydrogen) atoms. The third-order valence-corrected chi connectivity index (χ3v) is 4.37. The predicted octanol–water partition coefficient (Wildman–Crippen LogP) is 3.23. The molecule has 1 aromatic carbocycles. The molecular formula is C16H21NO. The molecule has 1 aromatic rings. The van der Waals surface area contributed by atoms with Gasteiger partial charge in [0.2, 0.25) is 0 Å². The van der Waals surface area contributed by atoms with Crippen LogP contribution in [0.4, 0.5) is 0 Å². The number of fused-ring (bicyclic) bond motifs is 3. The molecule has 1 saturated carbocycles. The van der Waals surface area contributed by atoms with Crippen LogP contribution in [-0.2, 0) is 0 Å². The molecule has 0 bridgehead atoms. The molecule has 96 valence electrons. The second kappa shape index (κ2) is 4.43. The number of phenols is 1. The topological polar surface area (TPSA) is 23.5 Å². The van der Waals surface area contributed by atoms with Crippen molar-refractivity contribution in [3.8, 4) is 5.75 Å². The SMILES string of the molecule is CN(C)CCC1=CC2CCC2c2cccc(O)c21. The Balaban J connectivity index is 1.97. The van der Waals surface area contributed by atoms with Crippen molar-refractivity contribution in [2.75, 3.05) is 20.6 Å². The lowest BCUT2D eigenvalue weighted by atomic mass is 9.64.